The molecule has 1 saturated carbocycles. The van der Waals surface area contributed by atoms with Gasteiger partial charge in [0.1, 0.15) is 10.6 Å². The molecule has 1 aromatic heterocycles. The molecule has 0 aliphatic heterocycles. The predicted molar refractivity (Wildman–Crippen MR) is 63.9 cm³/mol. The van der Waals surface area contributed by atoms with Crippen molar-refractivity contribution in [3.8, 4) is 5.75 Å². The molecule has 1 aliphatic carbocycles. The van der Waals surface area contributed by atoms with Crippen molar-refractivity contribution in [2.45, 2.75) is 18.9 Å². The van der Waals surface area contributed by atoms with Crippen molar-refractivity contribution in [3.63, 3.8) is 0 Å². The van der Waals surface area contributed by atoms with Gasteiger partial charge in [-0.25, -0.2) is 0 Å². The van der Waals surface area contributed by atoms with Gasteiger partial charge in [0.25, 0.3) is 5.91 Å². The van der Waals surface area contributed by atoms with Gasteiger partial charge in [0.2, 0.25) is 0 Å². The number of nitrogens with one attached hydrogen (secondary N) is 1. The number of hydrogen-bond donors (Lipinski definition) is 2. The van der Waals surface area contributed by atoms with Crippen LogP contribution in [0.15, 0.2) is 11.4 Å². The van der Waals surface area contributed by atoms with E-state index in [2.05, 4.69) is 5.32 Å². The molecule has 1 aliphatic rings. The van der Waals surface area contributed by atoms with E-state index in [4.69, 9.17) is 10.5 Å². The quantitative estimate of drug-likeness (QED) is 0.813. The molecule has 1 atom stereocenters. The Kier molecular flexibility index (Phi) is 3.46. The number of carbonyl (C=O) groups excluding carboxylic acids is 1. The zero-order valence-corrected chi connectivity index (χ0v) is 10.0. The van der Waals surface area contributed by atoms with Gasteiger partial charge in [0, 0.05) is 12.6 Å². The largest absolute Gasteiger partial charge is 0.495 e. The van der Waals surface area contributed by atoms with Gasteiger partial charge in [-0.2, -0.15) is 0 Å². The van der Waals surface area contributed by atoms with E-state index in [-0.39, 0.29) is 11.9 Å². The number of ether oxygens (including phenoxy) is 1. The first-order valence-corrected chi connectivity index (χ1v) is 6.26. The van der Waals surface area contributed by atoms with Crippen LogP contribution in [0, 0.1) is 5.92 Å². The summed E-state index contributed by atoms with van der Waals surface area (Å²) in [4.78, 5) is 12.6. The van der Waals surface area contributed by atoms with Gasteiger partial charge in [-0.15, -0.1) is 11.3 Å². The highest BCUT2D eigenvalue weighted by Gasteiger charge is 2.32. The van der Waals surface area contributed by atoms with Crippen molar-refractivity contribution < 1.29 is 9.53 Å². The number of hydrogen-bond acceptors (Lipinski definition) is 4. The first kappa shape index (κ1) is 11.4. The first-order chi connectivity index (χ1) is 7.76. The lowest BCUT2D eigenvalue weighted by molar-refractivity contribution is 0.0935. The summed E-state index contributed by atoms with van der Waals surface area (Å²) >= 11 is 1.39. The molecule has 0 bridgehead atoms. The van der Waals surface area contributed by atoms with Crippen LogP contribution in [0.1, 0.15) is 22.5 Å². The van der Waals surface area contributed by atoms with Crippen LogP contribution in [0.3, 0.4) is 0 Å². The Morgan fingerprint density at radius 3 is 3.06 bits per heavy atom. The molecule has 4 nitrogen and oxygen atoms in total. The number of methoxy groups -OCH3 is 1. The van der Waals surface area contributed by atoms with Gasteiger partial charge in [-0.1, -0.05) is 0 Å². The molecular weight excluding hydrogens is 224 g/mol. The van der Waals surface area contributed by atoms with Crippen LogP contribution in [-0.4, -0.2) is 25.6 Å². The van der Waals surface area contributed by atoms with Crippen molar-refractivity contribution in [2.24, 2.45) is 11.7 Å². The van der Waals surface area contributed by atoms with Crippen molar-refractivity contribution in [1.29, 1.82) is 0 Å². The highest BCUT2D eigenvalue weighted by molar-refractivity contribution is 7.12. The Hall–Kier alpha value is -1.07. The minimum Gasteiger partial charge on any atom is -0.495 e. The number of nitrogens with two attached hydrogens (primary N) is 1. The summed E-state index contributed by atoms with van der Waals surface area (Å²) in [6, 6.07) is 1.91. The monoisotopic (exact) mass is 240 g/mol. The normalized spacial score (nSPS) is 16.9. The molecular formula is C11H16N2O2S. The Morgan fingerprint density at radius 1 is 1.75 bits per heavy atom. The third kappa shape index (κ3) is 2.36. The molecule has 0 radical (unpaired) electrons. The fourth-order valence-corrected chi connectivity index (χ4v) is 2.49. The number of amides is 1. The van der Waals surface area contributed by atoms with Crippen LogP contribution in [-0.2, 0) is 0 Å². The maximum Gasteiger partial charge on any atom is 0.265 e. The number of thiophene rings is 1. The van der Waals surface area contributed by atoms with Crippen LogP contribution >= 0.6 is 11.3 Å². The molecule has 1 heterocycles. The van der Waals surface area contributed by atoms with E-state index >= 15 is 0 Å². The lowest BCUT2D eigenvalue weighted by Gasteiger charge is -2.15. The Bertz CT molecular complexity index is 374. The van der Waals surface area contributed by atoms with Crippen molar-refractivity contribution in [2.75, 3.05) is 13.7 Å². The molecule has 0 saturated heterocycles. The summed E-state index contributed by atoms with van der Waals surface area (Å²) in [5.74, 6) is 1.13. The molecule has 2 rings (SSSR count). The maximum absolute atomic E-state index is 12.0. The molecule has 0 spiro atoms. The van der Waals surface area contributed by atoms with Gasteiger partial charge in [0.15, 0.2) is 0 Å². The van der Waals surface area contributed by atoms with E-state index in [0.29, 0.717) is 23.1 Å². The molecule has 1 aromatic rings. The van der Waals surface area contributed by atoms with E-state index < -0.39 is 0 Å². The summed E-state index contributed by atoms with van der Waals surface area (Å²) in [5, 5.41) is 4.82. The van der Waals surface area contributed by atoms with Crippen molar-refractivity contribution >= 4 is 17.2 Å². The third-order valence-electron chi connectivity index (χ3n) is 2.82. The number of rotatable bonds is 5. The third-order valence-corrected chi connectivity index (χ3v) is 3.71. The van der Waals surface area contributed by atoms with Crippen molar-refractivity contribution in [1.82, 2.24) is 5.32 Å². The van der Waals surface area contributed by atoms with E-state index in [9.17, 15) is 4.79 Å². The molecule has 3 N–H and O–H groups in total. The summed E-state index contributed by atoms with van der Waals surface area (Å²) in [6.45, 7) is 0.504. The molecule has 5 heteroatoms. The topological polar surface area (TPSA) is 64.3 Å². The standard InChI is InChI=1S/C11H16N2O2S/c1-15-9-4-5-16-10(9)11(14)13-8(6-12)7-2-3-7/h4-5,7-8H,2-3,6,12H2,1H3,(H,13,14). The Labute approximate surface area is 98.8 Å². The molecule has 1 fully saturated rings. The average molecular weight is 240 g/mol. The minimum atomic E-state index is -0.0748. The zero-order valence-electron chi connectivity index (χ0n) is 9.23. The second kappa shape index (κ2) is 4.84. The van der Waals surface area contributed by atoms with Gasteiger partial charge < -0.3 is 15.8 Å². The molecule has 1 unspecified atom stereocenters. The summed E-state index contributed by atoms with van der Waals surface area (Å²) in [6.07, 6.45) is 2.34. The fourth-order valence-electron chi connectivity index (χ4n) is 1.73. The summed E-state index contributed by atoms with van der Waals surface area (Å²) in [7, 11) is 1.57. The van der Waals surface area contributed by atoms with Gasteiger partial charge in [-0.05, 0) is 30.2 Å². The van der Waals surface area contributed by atoms with E-state index in [1.807, 2.05) is 5.38 Å². The smallest absolute Gasteiger partial charge is 0.265 e. The first-order valence-electron chi connectivity index (χ1n) is 5.38. The number of carbonyl (C=O) groups is 1. The SMILES string of the molecule is COc1ccsc1C(=O)NC(CN)C1CC1. The van der Waals surface area contributed by atoms with Crippen LogP contribution in [0.2, 0.25) is 0 Å². The fraction of sp³-hybridized carbons (Fsp3) is 0.545. The molecule has 88 valence electrons. The summed E-state index contributed by atoms with van der Waals surface area (Å²) < 4.78 is 5.12. The zero-order chi connectivity index (χ0) is 11.5. The van der Waals surface area contributed by atoms with Crippen molar-refractivity contribution in [3.05, 3.63) is 16.3 Å². The van der Waals surface area contributed by atoms with Gasteiger partial charge in [0.05, 0.1) is 7.11 Å². The van der Waals surface area contributed by atoms with Gasteiger partial charge in [-0.3, -0.25) is 4.79 Å². The van der Waals surface area contributed by atoms with E-state index in [1.165, 1.54) is 24.2 Å². The molecule has 0 aromatic carbocycles. The lowest BCUT2D eigenvalue weighted by atomic mass is 10.2. The molecule has 16 heavy (non-hydrogen) atoms. The second-order valence-corrected chi connectivity index (χ2v) is 4.89. The lowest BCUT2D eigenvalue weighted by Crippen LogP contribution is -2.41. The minimum absolute atomic E-state index is 0.0748. The maximum atomic E-state index is 12.0. The van der Waals surface area contributed by atoms with Gasteiger partial charge >= 0.3 is 0 Å². The Balaban J connectivity index is 2.01. The van der Waals surface area contributed by atoms with Crippen LogP contribution in [0.25, 0.3) is 0 Å². The van der Waals surface area contributed by atoms with E-state index in [1.54, 1.807) is 13.2 Å². The average Bonchev–Trinajstić information content (AvgIpc) is 3.02. The second-order valence-electron chi connectivity index (χ2n) is 3.97. The predicted octanol–water partition coefficient (Wildman–Crippen LogP) is 1.22. The molecule has 1 amide bonds. The van der Waals surface area contributed by atoms with Crippen LogP contribution in [0.4, 0.5) is 0 Å². The summed E-state index contributed by atoms with van der Waals surface area (Å²) in [5.41, 5.74) is 5.64. The van der Waals surface area contributed by atoms with E-state index in [0.717, 1.165) is 0 Å². The van der Waals surface area contributed by atoms with Crippen LogP contribution in [0.5, 0.6) is 5.75 Å². The Morgan fingerprint density at radius 2 is 2.50 bits per heavy atom. The van der Waals surface area contributed by atoms with Crippen LogP contribution < -0.4 is 15.8 Å². The highest BCUT2D eigenvalue weighted by atomic mass is 32.1. The highest BCUT2D eigenvalue weighted by Crippen LogP contribution is 2.33.